The summed E-state index contributed by atoms with van der Waals surface area (Å²) in [4.78, 5) is 8.99. The van der Waals surface area contributed by atoms with Crippen molar-refractivity contribution in [1.29, 1.82) is 0 Å². The number of thiophene rings is 1. The minimum atomic E-state index is -0.630. The highest BCUT2D eigenvalue weighted by Gasteiger charge is 2.12. The van der Waals surface area contributed by atoms with Crippen molar-refractivity contribution >= 4 is 39.8 Å². The van der Waals surface area contributed by atoms with Crippen molar-refractivity contribution in [1.82, 2.24) is 20.2 Å². The third kappa shape index (κ3) is 2.53. The smallest absolute Gasteiger partial charge is 0.160 e. The third-order valence-electron chi connectivity index (χ3n) is 2.63. The van der Waals surface area contributed by atoms with E-state index < -0.39 is 6.10 Å². The Morgan fingerprint density at radius 1 is 1.42 bits per heavy atom. The van der Waals surface area contributed by atoms with Crippen LogP contribution in [0.5, 0.6) is 0 Å². The van der Waals surface area contributed by atoms with Crippen LogP contribution in [0.2, 0.25) is 4.34 Å². The molecule has 0 aromatic carbocycles. The summed E-state index contributed by atoms with van der Waals surface area (Å²) >= 11 is 7.20. The van der Waals surface area contributed by atoms with E-state index in [9.17, 15) is 5.11 Å². The van der Waals surface area contributed by atoms with Crippen LogP contribution in [0.15, 0.2) is 24.7 Å². The first kappa shape index (κ1) is 12.3. The number of halogens is 1. The van der Waals surface area contributed by atoms with E-state index in [2.05, 4.69) is 25.5 Å². The molecule has 3 heterocycles. The Kier molecular flexibility index (Phi) is 3.33. The first-order valence-electron chi connectivity index (χ1n) is 5.55. The molecule has 1 atom stereocenters. The number of rotatable bonds is 4. The van der Waals surface area contributed by atoms with Crippen LogP contribution in [-0.4, -0.2) is 31.8 Å². The van der Waals surface area contributed by atoms with Crippen LogP contribution in [0, 0.1) is 0 Å². The van der Waals surface area contributed by atoms with Gasteiger partial charge in [-0.2, -0.15) is 5.10 Å². The fraction of sp³-hybridized carbons (Fsp3) is 0.182. The molecule has 0 aliphatic carbocycles. The number of hydrogen-bond donors (Lipinski definition) is 3. The number of aliphatic hydroxyl groups excluding tert-OH is 1. The summed E-state index contributed by atoms with van der Waals surface area (Å²) in [7, 11) is 0. The molecule has 0 spiro atoms. The number of aromatic amines is 1. The van der Waals surface area contributed by atoms with Gasteiger partial charge in [0.1, 0.15) is 18.2 Å². The van der Waals surface area contributed by atoms with Gasteiger partial charge in [-0.1, -0.05) is 11.6 Å². The van der Waals surface area contributed by atoms with Crippen molar-refractivity contribution in [3.8, 4) is 0 Å². The van der Waals surface area contributed by atoms with Gasteiger partial charge in [-0.3, -0.25) is 5.10 Å². The van der Waals surface area contributed by atoms with Crippen LogP contribution in [0.25, 0.3) is 11.0 Å². The van der Waals surface area contributed by atoms with Gasteiger partial charge in [-0.15, -0.1) is 11.3 Å². The molecule has 0 bridgehead atoms. The lowest BCUT2D eigenvalue weighted by molar-refractivity contribution is 0.195. The number of nitrogens with zero attached hydrogens (tertiary/aromatic N) is 3. The molecule has 0 saturated carbocycles. The highest BCUT2D eigenvalue weighted by atomic mass is 35.5. The van der Waals surface area contributed by atoms with Crippen LogP contribution in [0.1, 0.15) is 11.0 Å². The maximum Gasteiger partial charge on any atom is 0.160 e. The van der Waals surface area contributed by atoms with Gasteiger partial charge in [-0.05, 0) is 12.1 Å². The van der Waals surface area contributed by atoms with Crippen LogP contribution in [0.3, 0.4) is 0 Å². The summed E-state index contributed by atoms with van der Waals surface area (Å²) in [6.07, 6.45) is 2.46. The van der Waals surface area contributed by atoms with E-state index in [-0.39, 0.29) is 0 Å². The van der Waals surface area contributed by atoms with Crippen LogP contribution < -0.4 is 5.32 Å². The Hall–Kier alpha value is -1.70. The van der Waals surface area contributed by atoms with Crippen molar-refractivity contribution in [2.75, 3.05) is 11.9 Å². The second-order valence-corrected chi connectivity index (χ2v) is 5.64. The van der Waals surface area contributed by atoms with Crippen molar-refractivity contribution in [2.45, 2.75) is 6.10 Å². The Bertz CT molecular complexity index is 697. The van der Waals surface area contributed by atoms with Gasteiger partial charge in [0.05, 0.1) is 15.9 Å². The zero-order valence-electron chi connectivity index (χ0n) is 9.67. The number of aliphatic hydroxyl groups is 1. The lowest BCUT2D eigenvalue weighted by Crippen LogP contribution is -2.12. The normalized spacial score (nSPS) is 12.7. The van der Waals surface area contributed by atoms with Gasteiger partial charge in [0, 0.05) is 11.4 Å². The lowest BCUT2D eigenvalue weighted by Gasteiger charge is -2.10. The number of anilines is 1. The number of fused-ring (bicyclic) bond motifs is 1. The van der Waals surface area contributed by atoms with Gasteiger partial charge in [-0.25, -0.2) is 9.97 Å². The first-order valence-corrected chi connectivity index (χ1v) is 6.75. The minimum absolute atomic E-state index is 0.341. The lowest BCUT2D eigenvalue weighted by atomic mass is 10.3. The quantitative estimate of drug-likeness (QED) is 0.687. The summed E-state index contributed by atoms with van der Waals surface area (Å²) in [5.74, 6) is 0.639. The van der Waals surface area contributed by atoms with Gasteiger partial charge in [0.2, 0.25) is 0 Å². The summed E-state index contributed by atoms with van der Waals surface area (Å²) < 4.78 is 0.660. The molecular formula is C11H10ClN5OS. The average Bonchev–Trinajstić information content (AvgIpc) is 3.04. The van der Waals surface area contributed by atoms with Crippen LogP contribution in [0.4, 0.5) is 5.82 Å². The van der Waals surface area contributed by atoms with E-state index >= 15 is 0 Å². The Balaban J connectivity index is 1.74. The highest BCUT2D eigenvalue weighted by molar-refractivity contribution is 7.16. The molecule has 19 heavy (non-hydrogen) atoms. The number of hydrogen-bond acceptors (Lipinski definition) is 6. The predicted molar refractivity (Wildman–Crippen MR) is 74.5 cm³/mol. The van der Waals surface area contributed by atoms with E-state index in [1.807, 2.05) is 6.07 Å². The van der Waals surface area contributed by atoms with Crippen LogP contribution >= 0.6 is 22.9 Å². The van der Waals surface area contributed by atoms with Gasteiger partial charge < -0.3 is 10.4 Å². The summed E-state index contributed by atoms with van der Waals surface area (Å²) in [6.45, 7) is 0.341. The molecule has 0 aliphatic heterocycles. The second kappa shape index (κ2) is 5.12. The van der Waals surface area contributed by atoms with E-state index in [0.717, 1.165) is 10.3 Å². The number of H-pyrrole nitrogens is 1. The predicted octanol–water partition coefficient (Wildman–Crippen LogP) is 2.21. The molecule has 0 saturated heterocycles. The fourth-order valence-corrected chi connectivity index (χ4v) is 2.75. The van der Waals surface area contributed by atoms with E-state index in [1.54, 1.807) is 12.3 Å². The summed E-state index contributed by atoms with van der Waals surface area (Å²) in [5.41, 5.74) is 0.658. The minimum Gasteiger partial charge on any atom is -0.386 e. The summed E-state index contributed by atoms with van der Waals surface area (Å²) in [5, 5.41) is 20.6. The maximum absolute atomic E-state index is 10.0. The topological polar surface area (TPSA) is 86.7 Å². The summed E-state index contributed by atoms with van der Waals surface area (Å²) in [6, 6.07) is 3.58. The Labute approximate surface area is 117 Å². The van der Waals surface area contributed by atoms with Gasteiger partial charge >= 0.3 is 0 Å². The van der Waals surface area contributed by atoms with Crippen molar-refractivity contribution in [3.63, 3.8) is 0 Å². The van der Waals surface area contributed by atoms with E-state index in [1.165, 1.54) is 17.7 Å². The SMILES string of the molecule is OC(CNc1ncnc2[nH]ncc12)c1ccc(Cl)s1. The molecule has 1 unspecified atom stereocenters. The fourth-order valence-electron chi connectivity index (χ4n) is 1.71. The molecule has 0 amide bonds. The van der Waals surface area contributed by atoms with Crippen molar-refractivity contribution < 1.29 is 5.11 Å². The third-order valence-corrected chi connectivity index (χ3v) is 3.97. The molecule has 0 radical (unpaired) electrons. The van der Waals surface area contributed by atoms with Gasteiger partial charge in [0.25, 0.3) is 0 Å². The second-order valence-electron chi connectivity index (χ2n) is 3.89. The molecule has 3 rings (SSSR count). The Morgan fingerprint density at radius 3 is 3.11 bits per heavy atom. The average molecular weight is 296 g/mol. The van der Waals surface area contributed by atoms with Crippen molar-refractivity contribution in [3.05, 3.63) is 33.9 Å². The number of nitrogens with one attached hydrogen (secondary N) is 2. The van der Waals surface area contributed by atoms with Crippen LogP contribution in [-0.2, 0) is 0 Å². The zero-order chi connectivity index (χ0) is 13.2. The largest absolute Gasteiger partial charge is 0.386 e. The molecule has 3 aromatic rings. The number of aromatic nitrogens is 4. The molecule has 0 fully saturated rings. The monoisotopic (exact) mass is 295 g/mol. The van der Waals surface area contributed by atoms with E-state index in [4.69, 9.17) is 11.6 Å². The molecule has 3 N–H and O–H groups in total. The molecule has 6 nitrogen and oxygen atoms in total. The zero-order valence-corrected chi connectivity index (χ0v) is 11.2. The Morgan fingerprint density at radius 2 is 2.32 bits per heavy atom. The van der Waals surface area contributed by atoms with E-state index in [0.29, 0.717) is 22.3 Å². The van der Waals surface area contributed by atoms with Gasteiger partial charge in [0.15, 0.2) is 5.65 Å². The first-order chi connectivity index (χ1) is 9.24. The molecular weight excluding hydrogens is 286 g/mol. The maximum atomic E-state index is 10.0. The molecule has 3 aromatic heterocycles. The molecule has 8 heteroatoms. The standard InChI is InChI=1S/C11H10ClN5OS/c12-9-2-1-8(19-9)7(18)4-13-10-6-3-16-17-11(6)15-5-14-10/h1-3,5,7,18H,4H2,(H2,13,14,15,16,17). The van der Waals surface area contributed by atoms with Crippen molar-refractivity contribution in [2.24, 2.45) is 0 Å². The molecule has 0 aliphatic rings. The highest BCUT2D eigenvalue weighted by Crippen LogP contribution is 2.27. The molecule has 98 valence electrons.